The van der Waals surface area contributed by atoms with Crippen molar-refractivity contribution in [2.75, 3.05) is 24.7 Å². The maximum atomic E-state index is 9.95. The first-order valence-electron chi connectivity index (χ1n) is 7.03. The van der Waals surface area contributed by atoms with Crippen molar-refractivity contribution < 1.29 is 9.84 Å². The molecule has 0 spiro atoms. The zero-order valence-electron chi connectivity index (χ0n) is 11.8. The molecular weight excluding hydrogens is 294 g/mol. The second-order valence-electron chi connectivity index (χ2n) is 5.17. The lowest BCUT2D eigenvalue weighted by Gasteiger charge is -2.24. The molecule has 1 aliphatic heterocycles. The largest absolute Gasteiger partial charge is 0.491 e. The summed E-state index contributed by atoms with van der Waals surface area (Å²) in [6.07, 6.45) is 1.89. The van der Waals surface area contributed by atoms with Crippen LogP contribution in [0.15, 0.2) is 18.2 Å². The van der Waals surface area contributed by atoms with E-state index < -0.39 is 6.10 Å². The van der Waals surface area contributed by atoms with Crippen LogP contribution in [0.3, 0.4) is 0 Å². The molecule has 0 aromatic heterocycles. The van der Waals surface area contributed by atoms with E-state index >= 15 is 0 Å². The summed E-state index contributed by atoms with van der Waals surface area (Å²) < 4.78 is 5.59. The standard InChI is InChI=1S/C15H22ClNO2S/c1-11-8-14(2-3-15(11)16)19-10-13(18)9-17-12-4-6-20-7-5-12/h2-3,8,12-13,17-18H,4-7,9-10H2,1H3/t13-/m0/s1. The Kier molecular flexibility index (Phi) is 6.49. The van der Waals surface area contributed by atoms with Crippen molar-refractivity contribution in [2.24, 2.45) is 0 Å². The van der Waals surface area contributed by atoms with Crippen LogP contribution in [0.1, 0.15) is 18.4 Å². The van der Waals surface area contributed by atoms with Crippen LogP contribution in [-0.2, 0) is 0 Å². The van der Waals surface area contributed by atoms with E-state index in [4.69, 9.17) is 16.3 Å². The van der Waals surface area contributed by atoms with Gasteiger partial charge in [-0.25, -0.2) is 0 Å². The quantitative estimate of drug-likeness (QED) is 0.847. The van der Waals surface area contributed by atoms with Crippen LogP contribution >= 0.6 is 23.4 Å². The van der Waals surface area contributed by atoms with Crippen molar-refractivity contribution >= 4 is 23.4 Å². The predicted molar refractivity (Wildman–Crippen MR) is 86.0 cm³/mol. The Balaban J connectivity index is 1.68. The highest BCUT2D eigenvalue weighted by molar-refractivity contribution is 7.99. The summed E-state index contributed by atoms with van der Waals surface area (Å²) in [7, 11) is 0. The molecule has 1 aromatic rings. The van der Waals surface area contributed by atoms with Gasteiger partial charge in [0.25, 0.3) is 0 Å². The van der Waals surface area contributed by atoms with E-state index in [1.165, 1.54) is 24.3 Å². The lowest BCUT2D eigenvalue weighted by Crippen LogP contribution is -2.39. The fourth-order valence-electron chi connectivity index (χ4n) is 2.16. The molecule has 2 rings (SSSR count). The van der Waals surface area contributed by atoms with Crippen LogP contribution < -0.4 is 10.1 Å². The van der Waals surface area contributed by atoms with Gasteiger partial charge in [0.2, 0.25) is 0 Å². The Labute approximate surface area is 130 Å². The Morgan fingerprint density at radius 1 is 1.45 bits per heavy atom. The highest BCUT2D eigenvalue weighted by Crippen LogP contribution is 2.21. The van der Waals surface area contributed by atoms with Crippen LogP contribution in [-0.4, -0.2) is 41.9 Å². The number of hydrogen-bond donors (Lipinski definition) is 2. The second kappa shape index (κ2) is 8.13. The smallest absolute Gasteiger partial charge is 0.119 e. The minimum absolute atomic E-state index is 0.301. The van der Waals surface area contributed by atoms with Crippen molar-refractivity contribution in [1.29, 1.82) is 0 Å². The maximum absolute atomic E-state index is 9.95. The number of hydrogen-bond acceptors (Lipinski definition) is 4. The van der Waals surface area contributed by atoms with E-state index in [1.54, 1.807) is 0 Å². The SMILES string of the molecule is Cc1cc(OC[C@@H](O)CNC2CCSCC2)ccc1Cl. The summed E-state index contributed by atoms with van der Waals surface area (Å²) in [5.74, 6) is 3.18. The topological polar surface area (TPSA) is 41.5 Å². The lowest BCUT2D eigenvalue weighted by molar-refractivity contribution is 0.103. The summed E-state index contributed by atoms with van der Waals surface area (Å²) in [4.78, 5) is 0. The molecule has 3 nitrogen and oxygen atoms in total. The van der Waals surface area contributed by atoms with E-state index in [2.05, 4.69) is 5.32 Å². The molecule has 1 heterocycles. The van der Waals surface area contributed by atoms with Gasteiger partial charge in [0, 0.05) is 17.6 Å². The van der Waals surface area contributed by atoms with Gasteiger partial charge in [-0.15, -0.1) is 0 Å². The molecule has 2 N–H and O–H groups in total. The molecule has 0 bridgehead atoms. The second-order valence-corrected chi connectivity index (χ2v) is 6.80. The third-order valence-electron chi connectivity index (χ3n) is 3.44. The summed E-state index contributed by atoms with van der Waals surface area (Å²) >= 11 is 7.97. The Morgan fingerprint density at radius 3 is 2.90 bits per heavy atom. The molecule has 0 saturated carbocycles. The van der Waals surface area contributed by atoms with Crippen LogP contribution in [0.4, 0.5) is 0 Å². The number of ether oxygens (including phenoxy) is 1. The number of halogens is 1. The molecule has 1 saturated heterocycles. The Morgan fingerprint density at radius 2 is 2.20 bits per heavy atom. The summed E-state index contributed by atoms with van der Waals surface area (Å²) in [5.41, 5.74) is 0.983. The van der Waals surface area contributed by atoms with Crippen molar-refractivity contribution in [1.82, 2.24) is 5.32 Å². The van der Waals surface area contributed by atoms with Gasteiger partial charge in [0.05, 0.1) is 0 Å². The van der Waals surface area contributed by atoms with E-state index in [9.17, 15) is 5.11 Å². The maximum Gasteiger partial charge on any atom is 0.119 e. The molecule has 112 valence electrons. The lowest BCUT2D eigenvalue weighted by atomic mass is 10.1. The number of rotatable bonds is 6. The molecular formula is C15H22ClNO2S. The van der Waals surface area contributed by atoms with Gasteiger partial charge >= 0.3 is 0 Å². The van der Waals surface area contributed by atoms with Gasteiger partial charge in [-0.2, -0.15) is 11.8 Å². The van der Waals surface area contributed by atoms with Crippen LogP contribution in [0.5, 0.6) is 5.75 Å². The van der Waals surface area contributed by atoms with Crippen molar-refractivity contribution in [3.05, 3.63) is 28.8 Å². The van der Waals surface area contributed by atoms with Gasteiger partial charge < -0.3 is 15.2 Å². The normalized spacial score (nSPS) is 17.9. The average molecular weight is 316 g/mol. The number of aryl methyl sites for hydroxylation is 1. The van der Waals surface area contributed by atoms with Crippen LogP contribution in [0, 0.1) is 6.92 Å². The fraction of sp³-hybridized carbons (Fsp3) is 0.600. The molecule has 20 heavy (non-hydrogen) atoms. The first kappa shape index (κ1) is 16.0. The highest BCUT2D eigenvalue weighted by Gasteiger charge is 2.14. The fourth-order valence-corrected chi connectivity index (χ4v) is 3.39. The zero-order chi connectivity index (χ0) is 14.4. The first-order chi connectivity index (χ1) is 9.65. The van der Waals surface area contributed by atoms with Crippen molar-refractivity contribution in [3.8, 4) is 5.75 Å². The average Bonchev–Trinajstić information content (AvgIpc) is 2.47. The number of nitrogens with one attached hydrogen (secondary N) is 1. The van der Waals surface area contributed by atoms with Gasteiger partial charge in [0.15, 0.2) is 0 Å². The van der Waals surface area contributed by atoms with E-state index in [0.717, 1.165) is 16.3 Å². The number of aliphatic hydroxyl groups is 1. The minimum atomic E-state index is -0.486. The van der Waals surface area contributed by atoms with E-state index in [-0.39, 0.29) is 0 Å². The number of aliphatic hydroxyl groups excluding tert-OH is 1. The number of benzene rings is 1. The molecule has 1 atom stereocenters. The monoisotopic (exact) mass is 315 g/mol. The van der Waals surface area contributed by atoms with Crippen molar-refractivity contribution in [2.45, 2.75) is 31.9 Å². The van der Waals surface area contributed by atoms with Crippen molar-refractivity contribution in [3.63, 3.8) is 0 Å². The van der Waals surface area contributed by atoms with E-state index in [1.807, 2.05) is 36.9 Å². The van der Waals surface area contributed by atoms with Gasteiger partial charge in [0.1, 0.15) is 18.5 Å². The minimum Gasteiger partial charge on any atom is -0.491 e. The summed E-state index contributed by atoms with van der Waals surface area (Å²) in [6.45, 7) is 2.83. The number of thioether (sulfide) groups is 1. The molecule has 0 radical (unpaired) electrons. The third kappa shape index (κ3) is 5.17. The molecule has 1 aliphatic rings. The molecule has 1 aromatic carbocycles. The van der Waals surface area contributed by atoms with Crippen LogP contribution in [0.2, 0.25) is 5.02 Å². The summed E-state index contributed by atoms with van der Waals surface area (Å²) in [5, 5.41) is 14.1. The molecule has 0 aliphatic carbocycles. The molecule has 1 fully saturated rings. The zero-order valence-corrected chi connectivity index (χ0v) is 13.3. The summed E-state index contributed by atoms with van der Waals surface area (Å²) in [6, 6.07) is 6.08. The highest BCUT2D eigenvalue weighted by atomic mass is 35.5. The van der Waals surface area contributed by atoms with Gasteiger partial charge in [-0.1, -0.05) is 11.6 Å². The van der Waals surface area contributed by atoms with E-state index in [0.29, 0.717) is 19.2 Å². The third-order valence-corrected chi connectivity index (χ3v) is 4.91. The predicted octanol–water partition coefficient (Wildman–Crippen LogP) is 2.87. The Bertz CT molecular complexity index is 424. The Hall–Kier alpha value is -0.420. The first-order valence-corrected chi connectivity index (χ1v) is 8.56. The van der Waals surface area contributed by atoms with Gasteiger partial charge in [-0.3, -0.25) is 0 Å². The molecule has 0 unspecified atom stereocenters. The van der Waals surface area contributed by atoms with Crippen LogP contribution in [0.25, 0.3) is 0 Å². The molecule has 5 heteroatoms. The van der Waals surface area contributed by atoms with Gasteiger partial charge in [-0.05, 0) is 55.0 Å². The molecule has 0 amide bonds.